The molecule has 2 aliphatic rings. The number of nitrogens with one attached hydrogen (secondary N) is 1. The van der Waals surface area contributed by atoms with Crippen LogP contribution in [0.4, 0.5) is 0 Å². The van der Waals surface area contributed by atoms with Gasteiger partial charge in [0.2, 0.25) is 5.56 Å². The van der Waals surface area contributed by atoms with E-state index in [0.29, 0.717) is 0 Å². The molecule has 8 heteroatoms. The molecule has 0 spiro atoms. The summed E-state index contributed by atoms with van der Waals surface area (Å²) in [4.78, 5) is 18.2. The molecule has 5 rings (SSSR count). The summed E-state index contributed by atoms with van der Waals surface area (Å²) in [5.74, 6) is 0. The molecule has 3 aromatic heterocycles. The van der Waals surface area contributed by atoms with E-state index in [1.54, 1.807) is 18.7 Å². The monoisotopic (exact) mass is 532 g/mol. The first-order chi connectivity index (χ1) is 13.0. The van der Waals surface area contributed by atoms with E-state index in [9.17, 15) is 4.79 Å². The Morgan fingerprint density at radius 1 is 1.00 bits per heavy atom. The molecule has 0 aromatic carbocycles. The van der Waals surface area contributed by atoms with Gasteiger partial charge in [-0.1, -0.05) is 43.9 Å². The van der Waals surface area contributed by atoms with Gasteiger partial charge in [-0.15, -0.1) is 0 Å². The first-order valence-corrected chi connectivity index (χ1v) is 12.4. The van der Waals surface area contributed by atoms with Gasteiger partial charge in [-0.25, -0.2) is 0 Å². The molecule has 1 N–H and O–H groups in total. The van der Waals surface area contributed by atoms with Crippen molar-refractivity contribution in [2.75, 3.05) is 0 Å². The molecule has 0 saturated heterocycles. The molecule has 0 radical (unpaired) electrons. The number of H-pyrrole nitrogens is 1. The van der Waals surface area contributed by atoms with Crippen LogP contribution in [-0.2, 0) is 4.74 Å². The zero-order chi connectivity index (χ0) is 19.3. The molecule has 2 atom stereocenters. The third kappa shape index (κ3) is 7.18. The second kappa shape index (κ2) is 12.2. The zero-order valence-electron chi connectivity index (χ0n) is 17.1. The van der Waals surface area contributed by atoms with Gasteiger partial charge in [0.1, 0.15) is 12.2 Å². The molecule has 29 heavy (non-hydrogen) atoms. The molecule has 148 valence electrons. The van der Waals surface area contributed by atoms with Gasteiger partial charge >= 0.3 is 68.9 Å². The minimum Gasteiger partial charge on any atom is -1.00 e. The second-order valence-electron chi connectivity index (χ2n) is 7.30. The largest absolute Gasteiger partial charge is 1.00 e. The van der Waals surface area contributed by atoms with Crippen molar-refractivity contribution >= 4 is 13.3 Å². The zero-order valence-corrected chi connectivity index (χ0v) is 24.4. The van der Waals surface area contributed by atoms with Crippen LogP contribution in [0.5, 0.6) is 0 Å². The number of aromatic nitrogens is 2. The van der Waals surface area contributed by atoms with E-state index in [0.717, 1.165) is 10.9 Å². The van der Waals surface area contributed by atoms with Gasteiger partial charge in [0.05, 0.1) is 26.3 Å². The van der Waals surface area contributed by atoms with Gasteiger partial charge in [0.15, 0.2) is 0 Å². The Morgan fingerprint density at radius 3 is 2.21 bits per heavy atom. The van der Waals surface area contributed by atoms with Crippen molar-refractivity contribution in [1.29, 1.82) is 0 Å². The Kier molecular flexibility index (Phi) is 11.1. The fraction of sp³-hybridized carbons (Fsp3) is 0.238. The summed E-state index contributed by atoms with van der Waals surface area (Å²) in [7, 11) is -1.42. The van der Waals surface area contributed by atoms with E-state index in [-0.39, 0.29) is 91.4 Å². The normalized spacial score (nSPS) is 17.5. The number of halogens is 1. The number of hydrogen-bond donors (Lipinski definition) is 1. The summed E-state index contributed by atoms with van der Waals surface area (Å²) in [6.07, 6.45) is 11.2. The number of ether oxygens (including phenoxy) is 1. The Bertz CT molecular complexity index is 907. The number of nitrogens with zero attached hydrogens (tertiary/aromatic N) is 1. The molecular formula is C21H24CsFN2O3Si. The average molecular weight is 532 g/mol. The van der Waals surface area contributed by atoms with Crippen LogP contribution in [0.15, 0.2) is 82.7 Å². The molecule has 2 unspecified atom stereocenters. The van der Waals surface area contributed by atoms with Crippen LogP contribution in [0.2, 0.25) is 19.6 Å². The number of hydrogen-bond acceptors (Lipinski definition) is 4. The van der Waals surface area contributed by atoms with Crippen molar-refractivity contribution in [3.8, 4) is 0 Å². The molecule has 0 saturated carbocycles. The van der Waals surface area contributed by atoms with Crippen LogP contribution in [0.3, 0.4) is 0 Å². The van der Waals surface area contributed by atoms with Crippen molar-refractivity contribution in [2.24, 2.45) is 0 Å². The topological polar surface area (TPSA) is 68.1 Å². The molecule has 5 heterocycles. The number of aromatic amines is 1. The third-order valence-corrected chi connectivity index (χ3v) is 6.26. The molecule has 5 nitrogen and oxygen atoms in total. The average Bonchev–Trinajstić information content (AvgIpc) is 3.42. The maximum absolute atomic E-state index is 11.2. The Hall–Kier alpha value is -0.721. The summed E-state index contributed by atoms with van der Waals surface area (Å²) in [6.45, 7) is 6.49. The molecular weight excluding hydrogens is 508 g/mol. The summed E-state index contributed by atoms with van der Waals surface area (Å²) < 4.78 is 10.2. The first-order valence-electron chi connectivity index (χ1n) is 8.91. The van der Waals surface area contributed by atoms with E-state index < -0.39 is 8.07 Å². The summed E-state index contributed by atoms with van der Waals surface area (Å²) in [5.41, 5.74) is 2.41. The van der Waals surface area contributed by atoms with Crippen molar-refractivity contribution in [2.45, 2.75) is 31.8 Å². The van der Waals surface area contributed by atoms with Crippen molar-refractivity contribution < 1.29 is 82.8 Å². The van der Waals surface area contributed by atoms with Crippen LogP contribution < -0.4 is 84.3 Å². The quantitative estimate of drug-likeness (QED) is 0.290. The summed E-state index contributed by atoms with van der Waals surface area (Å²) >= 11 is 0. The maximum atomic E-state index is 11.2. The van der Waals surface area contributed by atoms with E-state index in [2.05, 4.69) is 52.2 Å². The minimum absolute atomic E-state index is 0. The van der Waals surface area contributed by atoms with Crippen LogP contribution >= 0.6 is 0 Å². The van der Waals surface area contributed by atoms with E-state index >= 15 is 0 Å². The van der Waals surface area contributed by atoms with Crippen molar-refractivity contribution in [3.05, 3.63) is 95.1 Å². The van der Waals surface area contributed by atoms with Gasteiger partial charge in [-0.3, -0.25) is 9.78 Å². The van der Waals surface area contributed by atoms with E-state index in [4.69, 9.17) is 4.74 Å². The van der Waals surface area contributed by atoms with E-state index in [1.165, 1.54) is 5.56 Å². The van der Waals surface area contributed by atoms with Gasteiger partial charge in [-0.2, -0.15) is 0 Å². The summed E-state index contributed by atoms with van der Waals surface area (Å²) in [6, 6.07) is 11.5. The van der Waals surface area contributed by atoms with E-state index in [1.807, 2.05) is 36.5 Å². The van der Waals surface area contributed by atoms with Gasteiger partial charge in [-0.05, 0) is 24.3 Å². The van der Waals surface area contributed by atoms with Gasteiger partial charge < -0.3 is 18.8 Å². The molecule has 0 aliphatic carbocycles. The second-order valence-corrected chi connectivity index (χ2v) is 12.3. The molecule has 0 amide bonds. The van der Waals surface area contributed by atoms with Crippen LogP contribution in [0.25, 0.3) is 0 Å². The van der Waals surface area contributed by atoms with Crippen LogP contribution in [0, 0.1) is 0 Å². The van der Waals surface area contributed by atoms with Crippen LogP contribution in [-0.4, -0.2) is 18.0 Å². The summed E-state index contributed by atoms with van der Waals surface area (Å²) in [5, 5.41) is 0.972. The fourth-order valence-electron chi connectivity index (χ4n) is 2.93. The Labute approximate surface area is 229 Å². The minimum atomic E-state index is -1.42. The fourth-order valence-corrected chi connectivity index (χ4v) is 4.28. The predicted octanol–water partition coefficient (Wildman–Crippen LogP) is -2.03. The Balaban J connectivity index is 0.000000224. The molecule has 3 aromatic rings. The van der Waals surface area contributed by atoms with Gasteiger partial charge in [0, 0.05) is 23.1 Å². The SMILES string of the molecule is C1=CC2OC1c1cccnc12.C[Si](C)(C)c1ccc[nH]c1=O.[Cs+].[F-].c1ccoc1. The van der Waals surface area contributed by atoms with Crippen molar-refractivity contribution in [1.82, 2.24) is 9.97 Å². The van der Waals surface area contributed by atoms with Crippen molar-refractivity contribution in [3.63, 3.8) is 0 Å². The third-order valence-electron chi connectivity index (χ3n) is 4.25. The number of pyridine rings is 2. The molecule has 2 bridgehead atoms. The predicted molar refractivity (Wildman–Crippen MR) is 109 cm³/mol. The maximum Gasteiger partial charge on any atom is 1.00 e. The first kappa shape index (κ1) is 26.3. The Morgan fingerprint density at radius 2 is 1.69 bits per heavy atom. The number of rotatable bonds is 1. The number of fused-ring (bicyclic) bond motifs is 5. The molecule has 0 fully saturated rings. The van der Waals surface area contributed by atoms with Gasteiger partial charge in [0.25, 0.3) is 0 Å². The smallest absolute Gasteiger partial charge is 1.00 e. The number of furan rings is 1. The molecule has 2 aliphatic heterocycles. The standard InChI is InChI=1S/C9H7NO.C8H13NOSi.C4H4O.Cs.FH/c1-2-6-7-3-4-8(11-7)9(6)10-5-1;1-11(2,3)7-5-4-6-9-8(7)10;1-2-4-5-3-1;;/h1-5,7-8H;4-6H,1-3H3,(H,9,10);1-4H;;1H/q;;;+1;/p-1. The van der Waals surface area contributed by atoms with Crippen LogP contribution in [0.1, 0.15) is 23.5 Å².